The molecule has 1 fully saturated rings. The van der Waals surface area contributed by atoms with E-state index in [9.17, 15) is 0 Å². The van der Waals surface area contributed by atoms with Gasteiger partial charge in [-0.15, -0.1) is 24.0 Å². The van der Waals surface area contributed by atoms with Crippen LogP contribution in [0.3, 0.4) is 0 Å². The molecule has 146 valence electrons. The van der Waals surface area contributed by atoms with Crippen LogP contribution in [-0.4, -0.2) is 44.3 Å². The standard InChI is InChI=1S/C20H27N5O.HI/c1-16-6-3-4-7-17(16)14-23-20(21-2)24-15-18-8-5-9-22-19(18)25-10-12-26-13-11-25;/h3-9H,10-15H2,1-2H3,(H2,21,23,24);1H. The van der Waals surface area contributed by atoms with Crippen LogP contribution in [0.25, 0.3) is 0 Å². The van der Waals surface area contributed by atoms with Gasteiger partial charge in [-0.25, -0.2) is 4.98 Å². The van der Waals surface area contributed by atoms with Gasteiger partial charge in [0.05, 0.1) is 13.2 Å². The maximum Gasteiger partial charge on any atom is 0.191 e. The summed E-state index contributed by atoms with van der Waals surface area (Å²) in [5.74, 6) is 1.81. The molecule has 2 N–H and O–H groups in total. The number of ether oxygens (including phenoxy) is 1. The van der Waals surface area contributed by atoms with Crippen molar-refractivity contribution < 1.29 is 4.74 Å². The molecule has 0 spiro atoms. The topological polar surface area (TPSA) is 61.8 Å². The second-order valence-corrected chi connectivity index (χ2v) is 6.29. The number of nitrogens with zero attached hydrogens (tertiary/aromatic N) is 3. The number of hydrogen-bond acceptors (Lipinski definition) is 4. The highest BCUT2D eigenvalue weighted by Crippen LogP contribution is 2.18. The molecule has 2 aromatic rings. The number of halogens is 1. The number of aliphatic imine (C=N–C) groups is 1. The Kier molecular flexibility index (Phi) is 8.80. The number of rotatable bonds is 5. The molecule has 0 unspecified atom stereocenters. The number of anilines is 1. The van der Waals surface area contributed by atoms with Crippen molar-refractivity contribution in [2.75, 3.05) is 38.3 Å². The maximum absolute atomic E-state index is 5.45. The van der Waals surface area contributed by atoms with Crippen LogP contribution in [0, 0.1) is 6.92 Å². The first-order valence-electron chi connectivity index (χ1n) is 9.03. The molecule has 27 heavy (non-hydrogen) atoms. The van der Waals surface area contributed by atoms with E-state index in [1.807, 2.05) is 12.3 Å². The fourth-order valence-corrected chi connectivity index (χ4v) is 3.02. The van der Waals surface area contributed by atoms with Gasteiger partial charge in [-0.2, -0.15) is 0 Å². The van der Waals surface area contributed by atoms with Crippen molar-refractivity contribution in [3.05, 3.63) is 59.3 Å². The van der Waals surface area contributed by atoms with Crippen molar-refractivity contribution in [1.82, 2.24) is 15.6 Å². The summed E-state index contributed by atoms with van der Waals surface area (Å²) in [4.78, 5) is 11.2. The average molecular weight is 481 g/mol. The highest BCUT2D eigenvalue weighted by Gasteiger charge is 2.15. The lowest BCUT2D eigenvalue weighted by Crippen LogP contribution is -2.39. The molecule has 0 aliphatic carbocycles. The number of guanidine groups is 1. The molecule has 6 nitrogen and oxygen atoms in total. The predicted octanol–water partition coefficient (Wildman–Crippen LogP) is 2.71. The van der Waals surface area contributed by atoms with Crippen molar-refractivity contribution >= 4 is 35.8 Å². The summed E-state index contributed by atoms with van der Waals surface area (Å²) in [7, 11) is 1.79. The third kappa shape index (κ3) is 6.07. The molecule has 7 heteroatoms. The number of morpholine rings is 1. The Morgan fingerprint density at radius 1 is 1.07 bits per heavy atom. The molecule has 2 heterocycles. The summed E-state index contributed by atoms with van der Waals surface area (Å²) in [6.45, 7) is 6.81. The maximum atomic E-state index is 5.45. The molecule has 0 saturated carbocycles. The fourth-order valence-electron chi connectivity index (χ4n) is 3.02. The first kappa shape index (κ1) is 21.4. The van der Waals surface area contributed by atoms with Crippen LogP contribution in [0.2, 0.25) is 0 Å². The minimum absolute atomic E-state index is 0. The summed E-state index contributed by atoms with van der Waals surface area (Å²) in [6.07, 6.45) is 1.85. The van der Waals surface area contributed by atoms with Gasteiger partial charge in [-0.1, -0.05) is 30.3 Å². The number of nitrogens with one attached hydrogen (secondary N) is 2. The van der Waals surface area contributed by atoms with Crippen LogP contribution in [0.15, 0.2) is 47.6 Å². The van der Waals surface area contributed by atoms with Crippen molar-refractivity contribution in [2.45, 2.75) is 20.0 Å². The summed E-state index contributed by atoms with van der Waals surface area (Å²) in [5.41, 5.74) is 3.70. The molecule has 0 radical (unpaired) electrons. The van der Waals surface area contributed by atoms with Gasteiger partial charge < -0.3 is 20.3 Å². The Labute approximate surface area is 178 Å². The van der Waals surface area contributed by atoms with Crippen LogP contribution in [0.4, 0.5) is 5.82 Å². The Balaban J connectivity index is 0.00000261. The molecule has 1 aliphatic rings. The van der Waals surface area contributed by atoms with Gasteiger partial charge in [0.25, 0.3) is 0 Å². The molecular weight excluding hydrogens is 453 g/mol. The lowest BCUT2D eigenvalue weighted by molar-refractivity contribution is 0.122. The molecule has 0 atom stereocenters. The SMILES string of the molecule is CN=C(NCc1ccccc1C)NCc1cccnc1N1CCOCC1.I. The number of aryl methyl sites for hydroxylation is 1. The average Bonchev–Trinajstić information content (AvgIpc) is 2.70. The van der Waals surface area contributed by atoms with Crippen LogP contribution in [0.5, 0.6) is 0 Å². The zero-order valence-electron chi connectivity index (χ0n) is 15.9. The van der Waals surface area contributed by atoms with E-state index in [1.54, 1.807) is 7.05 Å². The first-order valence-corrected chi connectivity index (χ1v) is 9.03. The quantitative estimate of drug-likeness (QED) is 0.391. The highest BCUT2D eigenvalue weighted by atomic mass is 127. The Hall–Kier alpha value is -1.87. The molecular formula is C20H28IN5O. The minimum atomic E-state index is 0. The number of benzene rings is 1. The number of pyridine rings is 1. The van der Waals surface area contributed by atoms with Gasteiger partial charge in [0.1, 0.15) is 5.82 Å². The highest BCUT2D eigenvalue weighted by molar-refractivity contribution is 14.0. The van der Waals surface area contributed by atoms with Crippen LogP contribution in [-0.2, 0) is 17.8 Å². The monoisotopic (exact) mass is 481 g/mol. The van der Waals surface area contributed by atoms with Crippen molar-refractivity contribution in [2.24, 2.45) is 4.99 Å². The summed E-state index contributed by atoms with van der Waals surface area (Å²) in [6, 6.07) is 12.5. The van der Waals surface area contributed by atoms with E-state index < -0.39 is 0 Å². The molecule has 0 amide bonds. The van der Waals surface area contributed by atoms with Gasteiger partial charge in [0, 0.05) is 45.0 Å². The van der Waals surface area contributed by atoms with E-state index in [-0.39, 0.29) is 24.0 Å². The minimum Gasteiger partial charge on any atom is -0.378 e. The van der Waals surface area contributed by atoms with E-state index in [1.165, 1.54) is 11.1 Å². The lowest BCUT2D eigenvalue weighted by atomic mass is 10.1. The number of aromatic nitrogens is 1. The molecule has 1 aliphatic heterocycles. The van der Waals surface area contributed by atoms with Gasteiger partial charge in [-0.05, 0) is 24.1 Å². The Morgan fingerprint density at radius 3 is 2.44 bits per heavy atom. The first-order chi connectivity index (χ1) is 12.8. The second kappa shape index (κ2) is 11.1. The molecule has 3 rings (SSSR count). The molecule has 1 saturated heterocycles. The van der Waals surface area contributed by atoms with Crippen LogP contribution < -0.4 is 15.5 Å². The molecule has 1 aromatic carbocycles. The van der Waals surface area contributed by atoms with Gasteiger partial charge in [-0.3, -0.25) is 4.99 Å². The van der Waals surface area contributed by atoms with E-state index in [0.717, 1.165) is 50.2 Å². The lowest BCUT2D eigenvalue weighted by Gasteiger charge is -2.29. The third-order valence-corrected chi connectivity index (χ3v) is 4.56. The predicted molar refractivity (Wildman–Crippen MR) is 121 cm³/mol. The smallest absolute Gasteiger partial charge is 0.191 e. The summed E-state index contributed by atoms with van der Waals surface area (Å²) in [5, 5.41) is 6.78. The Morgan fingerprint density at radius 2 is 1.74 bits per heavy atom. The van der Waals surface area contributed by atoms with Gasteiger partial charge >= 0.3 is 0 Å². The Bertz CT molecular complexity index is 747. The zero-order chi connectivity index (χ0) is 18.2. The largest absolute Gasteiger partial charge is 0.378 e. The number of hydrogen-bond donors (Lipinski definition) is 2. The second-order valence-electron chi connectivity index (χ2n) is 6.29. The summed E-state index contributed by atoms with van der Waals surface area (Å²) >= 11 is 0. The zero-order valence-corrected chi connectivity index (χ0v) is 18.3. The van der Waals surface area contributed by atoms with Crippen molar-refractivity contribution in [3.63, 3.8) is 0 Å². The fraction of sp³-hybridized carbons (Fsp3) is 0.400. The van der Waals surface area contributed by atoms with E-state index >= 15 is 0 Å². The van der Waals surface area contributed by atoms with Gasteiger partial charge in [0.15, 0.2) is 5.96 Å². The van der Waals surface area contributed by atoms with Crippen molar-refractivity contribution in [3.8, 4) is 0 Å². The van der Waals surface area contributed by atoms with E-state index in [4.69, 9.17) is 4.74 Å². The third-order valence-electron chi connectivity index (χ3n) is 4.56. The normalized spacial score (nSPS) is 14.4. The van der Waals surface area contributed by atoms with E-state index in [2.05, 4.69) is 62.8 Å². The van der Waals surface area contributed by atoms with E-state index in [0.29, 0.717) is 6.54 Å². The van der Waals surface area contributed by atoms with Gasteiger partial charge in [0.2, 0.25) is 0 Å². The summed E-state index contributed by atoms with van der Waals surface area (Å²) < 4.78 is 5.45. The van der Waals surface area contributed by atoms with Crippen LogP contribution in [0.1, 0.15) is 16.7 Å². The molecule has 0 bridgehead atoms. The van der Waals surface area contributed by atoms with Crippen molar-refractivity contribution in [1.29, 1.82) is 0 Å². The van der Waals surface area contributed by atoms with Crippen LogP contribution >= 0.6 is 24.0 Å². The molecule has 1 aromatic heterocycles.